The zero-order valence-corrected chi connectivity index (χ0v) is 7.34. The minimum Gasteiger partial charge on any atom is -0.450 e. The van der Waals surface area contributed by atoms with E-state index in [2.05, 4.69) is 4.74 Å². The van der Waals surface area contributed by atoms with Crippen molar-refractivity contribution in [3.63, 3.8) is 0 Å². The van der Waals surface area contributed by atoms with Gasteiger partial charge in [0.05, 0.1) is 0 Å². The standard InChI is InChI=1S/C8H14O3/c1-5-6(2)8(3,4)11-7(9)10/h5H,1-4H3,(H,9,10)/b6-5+. The van der Waals surface area contributed by atoms with Crippen molar-refractivity contribution in [3.05, 3.63) is 11.6 Å². The van der Waals surface area contributed by atoms with Crippen LogP contribution in [-0.2, 0) is 4.74 Å². The molecule has 3 heteroatoms. The van der Waals surface area contributed by atoms with Crippen molar-refractivity contribution in [1.82, 2.24) is 0 Å². The molecule has 0 atom stereocenters. The van der Waals surface area contributed by atoms with Gasteiger partial charge in [0.2, 0.25) is 0 Å². The van der Waals surface area contributed by atoms with Crippen molar-refractivity contribution in [2.24, 2.45) is 0 Å². The molecule has 0 saturated heterocycles. The van der Waals surface area contributed by atoms with Gasteiger partial charge < -0.3 is 9.84 Å². The third kappa shape index (κ3) is 3.07. The number of ether oxygens (including phenoxy) is 1. The first-order valence-corrected chi connectivity index (χ1v) is 3.45. The Bertz CT molecular complexity index is 180. The number of allylic oxidation sites excluding steroid dienone is 1. The summed E-state index contributed by atoms with van der Waals surface area (Å²) in [5, 5.41) is 8.34. The SMILES string of the molecule is C/C=C(\C)C(C)(C)OC(=O)O. The molecule has 0 fully saturated rings. The monoisotopic (exact) mass is 158 g/mol. The minimum absolute atomic E-state index is 0.708. The molecule has 11 heavy (non-hydrogen) atoms. The van der Waals surface area contributed by atoms with Crippen molar-refractivity contribution in [3.8, 4) is 0 Å². The summed E-state index contributed by atoms with van der Waals surface area (Å²) in [4.78, 5) is 10.2. The molecule has 0 amide bonds. The molecular weight excluding hydrogens is 144 g/mol. The summed E-state index contributed by atoms with van der Waals surface area (Å²) in [6.45, 7) is 7.12. The molecule has 0 rings (SSSR count). The van der Waals surface area contributed by atoms with Gasteiger partial charge in [0.25, 0.3) is 0 Å². The van der Waals surface area contributed by atoms with Gasteiger partial charge in [-0.05, 0) is 33.3 Å². The highest BCUT2D eigenvalue weighted by molar-refractivity contribution is 5.58. The first-order chi connectivity index (χ1) is 4.90. The van der Waals surface area contributed by atoms with E-state index in [1.165, 1.54) is 0 Å². The lowest BCUT2D eigenvalue weighted by Crippen LogP contribution is -2.28. The largest absolute Gasteiger partial charge is 0.506 e. The highest BCUT2D eigenvalue weighted by Crippen LogP contribution is 2.19. The van der Waals surface area contributed by atoms with Gasteiger partial charge in [-0.3, -0.25) is 0 Å². The van der Waals surface area contributed by atoms with E-state index in [0.29, 0.717) is 0 Å². The maximum Gasteiger partial charge on any atom is 0.506 e. The van der Waals surface area contributed by atoms with Crippen LogP contribution in [0.4, 0.5) is 4.79 Å². The second kappa shape index (κ2) is 3.42. The number of rotatable bonds is 2. The highest BCUT2D eigenvalue weighted by Gasteiger charge is 2.23. The van der Waals surface area contributed by atoms with Crippen molar-refractivity contribution < 1.29 is 14.6 Å². The zero-order chi connectivity index (χ0) is 9.07. The fraction of sp³-hybridized carbons (Fsp3) is 0.625. The van der Waals surface area contributed by atoms with Crippen LogP contribution in [0.3, 0.4) is 0 Å². The molecule has 0 aliphatic heterocycles. The summed E-state index contributed by atoms with van der Waals surface area (Å²) < 4.78 is 4.64. The van der Waals surface area contributed by atoms with E-state index in [0.717, 1.165) is 5.57 Å². The fourth-order valence-corrected chi connectivity index (χ4v) is 0.646. The van der Waals surface area contributed by atoms with E-state index in [-0.39, 0.29) is 0 Å². The van der Waals surface area contributed by atoms with Crippen LogP contribution in [0, 0.1) is 0 Å². The van der Waals surface area contributed by atoms with E-state index in [1.807, 2.05) is 19.9 Å². The molecule has 0 aromatic heterocycles. The molecule has 0 radical (unpaired) electrons. The Morgan fingerprint density at radius 2 is 2.00 bits per heavy atom. The molecule has 0 spiro atoms. The summed E-state index contributed by atoms with van der Waals surface area (Å²) in [5.41, 5.74) is 0.195. The van der Waals surface area contributed by atoms with E-state index in [1.54, 1.807) is 13.8 Å². The summed E-state index contributed by atoms with van der Waals surface area (Å²) in [6, 6.07) is 0. The highest BCUT2D eigenvalue weighted by atomic mass is 16.7. The average molecular weight is 158 g/mol. The Morgan fingerprint density at radius 3 is 2.27 bits per heavy atom. The molecule has 3 nitrogen and oxygen atoms in total. The average Bonchev–Trinajstić information content (AvgIpc) is 1.83. The molecule has 0 heterocycles. The van der Waals surface area contributed by atoms with Gasteiger partial charge in [-0.2, -0.15) is 0 Å². The molecule has 0 unspecified atom stereocenters. The van der Waals surface area contributed by atoms with Gasteiger partial charge in [0, 0.05) is 0 Å². The molecule has 0 aromatic rings. The summed E-state index contributed by atoms with van der Waals surface area (Å²) in [5.74, 6) is 0. The van der Waals surface area contributed by atoms with Gasteiger partial charge in [-0.25, -0.2) is 4.79 Å². The van der Waals surface area contributed by atoms with Crippen molar-refractivity contribution in [1.29, 1.82) is 0 Å². The van der Waals surface area contributed by atoms with E-state index in [9.17, 15) is 4.79 Å². The molecule has 0 aliphatic rings. The van der Waals surface area contributed by atoms with Crippen molar-refractivity contribution in [2.45, 2.75) is 33.3 Å². The smallest absolute Gasteiger partial charge is 0.450 e. The Balaban J connectivity index is 4.33. The van der Waals surface area contributed by atoms with Crippen LogP contribution >= 0.6 is 0 Å². The topological polar surface area (TPSA) is 46.5 Å². The molecular formula is C8H14O3. The lowest BCUT2D eigenvalue weighted by Gasteiger charge is -2.23. The summed E-state index contributed by atoms with van der Waals surface area (Å²) in [7, 11) is 0. The molecule has 0 saturated carbocycles. The van der Waals surface area contributed by atoms with Crippen LogP contribution in [0.25, 0.3) is 0 Å². The normalized spacial score (nSPS) is 12.9. The van der Waals surface area contributed by atoms with Crippen LogP contribution in [-0.4, -0.2) is 16.9 Å². The van der Waals surface area contributed by atoms with E-state index >= 15 is 0 Å². The summed E-state index contributed by atoms with van der Waals surface area (Å²) >= 11 is 0. The Hall–Kier alpha value is -0.990. The van der Waals surface area contributed by atoms with Crippen LogP contribution < -0.4 is 0 Å². The van der Waals surface area contributed by atoms with Crippen molar-refractivity contribution >= 4 is 6.16 Å². The molecule has 64 valence electrons. The van der Waals surface area contributed by atoms with E-state index < -0.39 is 11.8 Å². The van der Waals surface area contributed by atoms with Gasteiger partial charge in [-0.1, -0.05) is 6.08 Å². The predicted molar refractivity (Wildman–Crippen MR) is 42.6 cm³/mol. The lowest BCUT2D eigenvalue weighted by atomic mass is 10.00. The minimum atomic E-state index is -1.24. The van der Waals surface area contributed by atoms with E-state index in [4.69, 9.17) is 5.11 Å². The third-order valence-corrected chi connectivity index (χ3v) is 1.73. The lowest BCUT2D eigenvalue weighted by molar-refractivity contribution is 0.0244. The third-order valence-electron chi connectivity index (χ3n) is 1.73. The number of hydrogen-bond donors (Lipinski definition) is 1. The second-order valence-corrected chi connectivity index (χ2v) is 2.85. The number of carbonyl (C=O) groups is 1. The first-order valence-electron chi connectivity index (χ1n) is 3.45. The Labute approximate surface area is 66.7 Å². The molecule has 0 aromatic carbocycles. The maximum absolute atomic E-state index is 10.2. The van der Waals surface area contributed by atoms with Crippen molar-refractivity contribution in [2.75, 3.05) is 0 Å². The Morgan fingerprint density at radius 1 is 1.55 bits per heavy atom. The van der Waals surface area contributed by atoms with Crippen LogP contribution in [0.2, 0.25) is 0 Å². The van der Waals surface area contributed by atoms with Gasteiger partial charge in [-0.15, -0.1) is 0 Å². The zero-order valence-electron chi connectivity index (χ0n) is 7.34. The van der Waals surface area contributed by atoms with Crippen LogP contribution in [0.5, 0.6) is 0 Å². The van der Waals surface area contributed by atoms with Gasteiger partial charge in [0.1, 0.15) is 5.60 Å². The quantitative estimate of drug-likeness (QED) is 0.496. The van der Waals surface area contributed by atoms with Crippen LogP contribution in [0.1, 0.15) is 27.7 Å². The second-order valence-electron chi connectivity index (χ2n) is 2.85. The number of carboxylic acid groups (broad SMARTS) is 1. The number of hydrogen-bond acceptors (Lipinski definition) is 2. The maximum atomic E-state index is 10.2. The molecule has 0 bridgehead atoms. The van der Waals surface area contributed by atoms with Crippen LogP contribution in [0.15, 0.2) is 11.6 Å². The fourth-order valence-electron chi connectivity index (χ4n) is 0.646. The molecule has 1 N–H and O–H groups in total. The predicted octanol–water partition coefficient (Wildman–Crippen LogP) is 2.43. The van der Waals surface area contributed by atoms with Gasteiger partial charge >= 0.3 is 6.16 Å². The Kier molecular flexibility index (Phi) is 3.11. The summed E-state index contributed by atoms with van der Waals surface area (Å²) in [6.07, 6.45) is 0.597. The molecule has 0 aliphatic carbocycles. The first kappa shape index (κ1) is 10.0. The van der Waals surface area contributed by atoms with Gasteiger partial charge in [0.15, 0.2) is 0 Å².